The molecule has 0 rings (SSSR count). The fraction of sp³-hybridized carbons (Fsp3) is 0.667. The van der Waals surface area contributed by atoms with Gasteiger partial charge in [0.2, 0.25) is 0 Å². The standard InChI is InChI=1S/C3H7O6P/c4-1-2(5)3(6)9-10(7)8/h2,4-5,7-8H,1H2. The van der Waals surface area contributed by atoms with Gasteiger partial charge in [0, 0.05) is 0 Å². The quantitative estimate of drug-likeness (QED) is 0.368. The Morgan fingerprint density at radius 1 is 1.60 bits per heavy atom. The van der Waals surface area contributed by atoms with E-state index in [1.54, 1.807) is 0 Å². The van der Waals surface area contributed by atoms with Crippen molar-refractivity contribution in [3.05, 3.63) is 0 Å². The second kappa shape index (κ2) is 4.54. The van der Waals surface area contributed by atoms with Crippen LogP contribution in [0.1, 0.15) is 0 Å². The van der Waals surface area contributed by atoms with Gasteiger partial charge in [0.25, 0.3) is 0 Å². The molecule has 0 aromatic carbocycles. The second-order valence-corrected chi connectivity index (χ2v) is 2.05. The van der Waals surface area contributed by atoms with E-state index in [2.05, 4.69) is 4.52 Å². The highest BCUT2D eigenvalue weighted by atomic mass is 31.2. The summed E-state index contributed by atoms with van der Waals surface area (Å²) in [5, 5.41) is 16.6. The molecule has 0 aliphatic rings. The minimum atomic E-state index is -2.80. The summed E-state index contributed by atoms with van der Waals surface area (Å²) in [6.07, 6.45) is -1.70. The topological polar surface area (TPSA) is 107 Å². The molecule has 0 saturated carbocycles. The summed E-state index contributed by atoms with van der Waals surface area (Å²) in [6, 6.07) is 0. The third-order valence-corrected chi connectivity index (χ3v) is 0.960. The van der Waals surface area contributed by atoms with Crippen molar-refractivity contribution in [2.24, 2.45) is 0 Å². The van der Waals surface area contributed by atoms with Crippen LogP contribution in [0.25, 0.3) is 0 Å². The molecule has 0 aromatic heterocycles. The Balaban J connectivity index is 3.62. The van der Waals surface area contributed by atoms with Crippen LogP contribution >= 0.6 is 8.60 Å². The van der Waals surface area contributed by atoms with E-state index in [0.29, 0.717) is 0 Å². The Morgan fingerprint density at radius 2 is 2.10 bits per heavy atom. The first kappa shape index (κ1) is 9.74. The van der Waals surface area contributed by atoms with Crippen molar-refractivity contribution in [2.75, 3.05) is 6.61 Å². The molecule has 0 bridgehead atoms. The Kier molecular flexibility index (Phi) is 4.42. The average Bonchev–Trinajstić information content (AvgIpc) is 1.85. The first-order chi connectivity index (χ1) is 4.57. The molecule has 4 N–H and O–H groups in total. The largest absolute Gasteiger partial charge is 0.393 e. The molecule has 6 nitrogen and oxygen atoms in total. The van der Waals surface area contributed by atoms with Crippen molar-refractivity contribution < 1.29 is 29.3 Å². The highest BCUT2D eigenvalue weighted by Crippen LogP contribution is 2.24. The van der Waals surface area contributed by atoms with Gasteiger partial charge in [0.15, 0.2) is 6.10 Å². The lowest BCUT2D eigenvalue weighted by atomic mass is 10.4. The number of carbonyl (C=O) groups is 1. The van der Waals surface area contributed by atoms with E-state index in [4.69, 9.17) is 20.0 Å². The molecule has 0 fully saturated rings. The summed E-state index contributed by atoms with van der Waals surface area (Å²) in [7, 11) is -2.80. The minimum Gasteiger partial charge on any atom is -0.393 e. The minimum absolute atomic E-state index is 0.804. The zero-order valence-electron chi connectivity index (χ0n) is 4.84. The zero-order chi connectivity index (χ0) is 8.15. The molecule has 10 heavy (non-hydrogen) atoms. The highest BCUT2D eigenvalue weighted by Gasteiger charge is 2.18. The maximum atomic E-state index is 10.2. The lowest BCUT2D eigenvalue weighted by Crippen LogP contribution is -2.25. The van der Waals surface area contributed by atoms with E-state index in [-0.39, 0.29) is 0 Å². The Labute approximate surface area is 57.7 Å². The fourth-order valence-corrected chi connectivity index (χ4v) is 0.498. The van der Waals surface area contributed by atoms with E-state index in [0.717, 1.165) is 0 Å². The molecule has 0 amide bonds. The lowest BCUT2D eigenvalue weighted by Gasteiger charge is -2.06. The molecule has 0 saturated heterocycles. The number of hydrogen-bond donors (Lipinski definition) is 4. The maximum Gasteiger partial charge on any atom is 0.393 e. The number of aliphatic hydroxyl groups is 2. The molecule has 0 radical (unpaired) electrons. The van der Waals surface area contributed by atoms with Gasteiger partial charge >= 0.3 is 14.6 Å². The van der Waals surface area contributed by atoms with Crippen LogP contribution in [0.2, 0.25) is 0 Å². The number of carbonyl (C=O) groups excluding carboxylic acids is 1. The SMILES string of the molecule is O=C(OP(O)O)C(O)CO. The van der Waals surface area contributed by atoms with Crippen molar-refractivity contribution in [2.45, 2.75) is 6.10 Å². The van der Waals surface area contributed by atoms with Gasteiger partial charge in [-0.15, -0.1) is 0 Å². The smallest absolute Gasteiger partial charge is 0.393 e. The van der Waals surface area contributed by atoms with Crippen LogP contribution in [0.4, 0.5) is 0 Å². The molecule has 0 heterocycles. The van der Waals surface area contributed by atoms with Crippen LogP contribution in [0.3, 0.4) is 0 Å². The third kappa shape index (κ3) is 3.71. The molecular formula is C3H7O6P. The summed E-state index contributed by atoms with van der Waals surface area (Å²) in [5.41, 5.74) is 0. The molecule has 0 aliphatic carbocycles. The van der Waals surface area contributed by atoms with Gasteiger partial charge in [-0.2, -0.15) is 0 Å². The van der Waals surface area contributed by atoms with E-state index in [9.17, 15) is 4.79 Å². The van der Waals surface area contributed by atoms with Crippen molar-refractivity contribution in [1.29, 1.82) is 0 Å². The van der Waals surface area contributed by atoms with Gasteiger partial charge in [-0.05, 0) is 0 Å². The van der Waals surface area contributed by atoms with Crippen LogP contribution < -0.4 is 0 Å². The van der Waals surface area contributed by atoms with E-state index in [1.807, 2.05) is 0 Å². The first-order valence-electron chi connectivity index (χ1n) is 2.26. The van der Waals surface area contributed by atoms with E-state index >= 15 is 0 Å². The Morgan fingerprint density at radius 3 is 2.40 bits per heavy atom. The molecule has 1 atom stereocenters. The Bertz CT molecular complexity index is 114. The van der Waals surface area contributed by atoms with E-state index in [1.165, 1.54) is 0 Å². The monoisotopic (exact) mass is 170 g/mol. The van der Waals surface area contributed by atoms with Gasteiger partial charge in [0.1, 0.15) is 0 Å². The predicted molar refractivity (Wildman–Crippen MR) is 30.5 cm³/mol. The first-order valence-corrected chi connectivity index (χ1v) is 3.43. The van der Waals surface area contributed by atoms with Crippen LogP contribution in [-0.2, 0) is 9.32 Å². The highest BCUT2D eigenvalue weighted by molar-refractivity contribution is 7.40. The van der Waals surface area contributed by atoms with Gasteiger partial charge in [-0.25, -0.2) is 4.79 Å². The van der Waals surface area contributed by atoms with Crippen LogP contribution in [0.5, 0.6) is 0 Å². The van der Waals surface area contributed by atoms with Crippen molar-refractivity contribution in [3.63, 3.8) is 0 Å². The molecule has 7 heteroatoms. The molecule has 0 spiro atoms. The normalized spacial score (nSPS) is 13.3. The average molecular weight is 170 g/mol. The number of aliphatic hydroxyl groups excluding tert-OH is 2. The lowest BCUT2D eigenvalue weighted by molar-refractivity contribution is -0.146. The molecule has 0 aliphatic heterocycles. The van der Waals surface area contributed by atoms with Gasteiger partial charge in [-0.1, -0.05) is 0 Å². The van der Waals surface area contributed by atoms with Gasteiger partial charge in [-0.3, -0.25) is 0 Å². The third-order valence-electron chi connectivity index (χ3n) is 0.617. The molecule has 60 valence electrons. The van der Waals surface area contributed by atoms with E-state index < -0.39 is 27.3 Å². The summed E-state index contributed by atoms with van der Waals surface area (Å²) in [5.74, 6) is -1.25. The van der Waals surface area contributed by atoms with Gasteiger partial charge in [0.05, 0.1) is 6.61 Å². The van der Waals surface area contributed by atoms with Crippen LogP contribution in [0, 0.1) is 0 Å². The molecule has 0 aromatic rings. The number of hydrogen-bond acceptors (Lipinski definition) is 6. The Hall–Kier alpha value is -0.260. The molecule has 1 unspecified atom stereocenters. The second-order valence-electron chi connectivity index (χ2n) is 1.36. The fourth-order valence-electron chi connectivity index (χ4n) is 0.216. The van der Waals surface area contributed by atoms with Crippen molar-refractivity contribution in [3.8, 4) is 0 Å². The van der Waals surface area contributed by atoms with Crippen LogP contribution in [0.15, 0.2) is 0 Å². The maximum absolute atomic E-state index is 10.2. The summed E-state index contributed by atoms with van der Waals surface area (Å²) in [6.45, 7) is -0.804. The predicted octanol–water partition coefficient (Wildman–Crippen LogP) is -1.91. The number of rotatable bonds is 3. The van der Waals surface area contributed by atoms with Gasteiger partial charge < -0.3 is 24.5 Å². The molecular weight excluding hydrogens is 163 g/mol. The van der Waals surface area contributed by atoms with Crippen LogP contribution in [-0.4, -0.2) is 38.7 Å². The zero-order valence-corrected chi connectivity index (χ0v) is 5.73. The summed E-state index contributed by atoms with van der Waals surface area (Å²) in [4.78, 5) is 26.4. The summed E-state index contributed by atoms with van der Waals surface area (Å²) < 4.78 is 3.73. The van der Waals surface area contributed by atoms with Crippen molar-refractivity contribution in [1.82, 2.24) is 0 Å². The van der Waals surface area contributed by atoms with Crippen molar-refractivity contribution >= 4 is 14.6 Å². The summed E-state index contributed by atoms with van der Waals surface area (Å²) >= 11 is 0.